The molecule has 1 amide bonds. The SMILES string of the molecule is CC1Oc2ccc(C(=O)C3CCC3)cc2N(C)C1=O. The van der Waals surface area contributed by atoms with Crippen molar-refractivity contribution in [2.75, 3.05) is 11.9 Å². The van der Waals surface area contributed by atoms with Gasteiger partial charge in [-0.2, -0.15) is 0 Å². The molecule has 0 aromatic heterocycles. The Kier molecular flexibility index (Phi) is 2.81. The maximum absolute atomic E-state index is 12.2. The lowest BCUT2D eigenvalue weighted by Crippen LogP contribution is -2.42. The number of fused-ring (bicyclic) bond motifs is 1. The number of carbonyl (C=O) groups excluding carboxylic acids is 2. The van der Waals surface area contributed by atoms with Gasteiger partial charge in [0.25, 0.3) is 5.91 Å². The number of nitrogens with zero attached hydrogens (tertiary/aromatic N) is 1. The van der Waals surface area contributed by atoms with E-state index in [-0.39, 0.29) is 17.6 Å². The molecule has 19 heavy (non-hydrogen) atoms. The number of anilines is 1. The van der Waals surface area contributed by atoms with Crippen LogP contribution >= 0.6 is 0 Å². The first-order valence-corrected chi connectivity index (χ1v) is 6.70. The average molecular weight is 259 g/mol. The maximum Gasteiger partial charge on any atom is 0.267 e. The molecule has 3 rings (SSSR count). The molecule has 1 atom stereocenters. The van der Waals surface area contributed by atoms with Gasteiger partial charge in [-0.25, -0.2) is 0 Å². The van der Waals surface area contributed by atoms with E-state index < -0.39 is 6.10 Å². The van der Waals surface area contributed by atoms with E-state index in [1.165, 1.54) is 0 Å². The highest BCUT2D eigenvalue weighted by Gasteiger charge is 2.31. The van der Waals surface area contributed by atoms with Crippen LogP contribution in [0.4, 0.5) is 5.69 Å². The van der Waals surface area contributed by atoms with Gasteiger partial charge in [0, 0.05) is 18.5 Å². The van der Waals surface area contributed by atoms with Crippen LogP contribution in [0, 0.1) is 5.92 Å². The van der Waals surface area contributed by atoms with Gasteiger partial charge >= 0.3 is 0 Å². The maximum atomic E-state index is 12.2. The summed E-state index contributed by atoms with van der Waals surface area (Å²) in [4.78, 5) is 25.7. The molecule has 0 radical (unpaired) electrons. The third-order valence-corrected chi connectivity index (χ3v) is 4.06. The van der Waals surface area contributed by atoms with E-state index in [0.717, 1.165) is 19.3 Å². The van der Waals surface area contributed by atoms with Gasteiger partial charge in [0.15, 0.2) is 11.9 Å². The van der Waals surface area contributed by atoms with Gasteiger partial charge in [0.1, 0.15) is 5.75 Å². The normalized spacial score (nSPS) is 22.5. The summed E-state index contributed by atoms with van der Waals surface area (Å²) in [5.74, 6) is 0.941. The van der Waals surface area contributed by atoms with Crippen LogP contribution in [-0.4, -0.2) is 24.8 Å². The molecule has 4 heteroatoms. The second kappa shape index (κ2) is 4.37. The number of Topliss-reactive ketones (excluding diaryl/α,β-unsaturated/α-hetero) is 1. The van der Waals surface area contributed by atoms with E-state index in [1.807, 2.05) is 0 Å². The summed E-state index contributed by atoms with van der Waals surface area (Å²) in [5.41, 5.74) is 1.37. The summed E-state index contributed by atoms with van der Waals surface area (Å²) in [7, 11) is 1.72. The first kappa shape index (κ1) is 12.2. The van der Waals surface area contributed by atoms with Crippen LogP contribution in [0.3, 0.4) is 0 Å². The number of ether oxygens (including phenoxy) is 1. The third-order valence-electron chi connectivity index (χ3n) is 4.06. The van der Waals surface area contributed by atoms with Crippen molar-refractivity contribution < 1.29 is 14.3 Å². The molecule has 1 heterocycles. The quantitative estimate of drug-likeness (QED) is 0.766. The predicted molar refractivity (Wildman–Crippen MR) is 71.6 cm³/mol. The molecule has 1 saturated carbocycles. The molecule has 0 spiro atoms. The Bertz CT molecular complexity index is 548. The zero-order valence-electron chi connectivity index (χ0n) is 11.2. The minimum atomic E-state index is -0.467. The highest BCUT2D eigenvalue weighted by atomic mass is 16.5. The summed E-state index contributed by atoms with van der Waals surface area (Å²) in [5, 5.41) is 0. The van der Waals surface area contributed by atoms with Gasteiger partial charge in [0.05, 0.1) is 5.69 Å². The standard InChI is InChI=1S/C15H17NO3/c1-9-15(18)16(2)12-8-11(6-7-13(12)19-9)14(17)10-4-3-5-10/h6-10H,3-5H2,1-2H3. The van der Waals surface area contributed by atoms with E-state index in [9.17, 15) is 9.59 Å². The molecule has 1 aliphatic heterocycles. The van der Waals surface area contributed by atoms with E-state index in [4.69, 9.17) is 4.74 Å². The number of ketones is 1. The van der Waals surface area contributed by atoms with Crippen molar-refractivity contribution >= 4 is 17.4 Å². The fourth-order valence-electron chi connectivity index (χ4n) is 2.57. The molecule has 1 aliphatic carbocycles. The van der Waals surface area contributed by atoms with Crippen LogP contribution in [0.1, 0.15) is 36.5 Å². The van der Waals surface area contributed by atoms with Crippen molar-refractivity contribution in [3.05, 3.63) is 23.8 Å². The molecule has 2 aliphatic rings. The van der Waals surface area contributed by atoms with E-state index in [2.05, 4.69) is 0 Å². The number of amides is 1. The molecule has 1 aromatic carbocycles. The summed E-state index contributed by atoms with van der Waals surface area (Å²) in [6.07, 6.45) is 2.64. The fourth-order valence-corrected chi connectivity index (χ4v) is 2.57. The molecular weight excluding hydrogens is 242 g/mol. The van der Waals surface area contributed by atoms with Crippen LogP contribution in [-0.2, 0) is 4.79 Å². The molecule has 1 aromatic rings. The second-order valence-electron chi connectivity index (χ2n) is 5.33. The van der Waals surface area contributed by atoms with Crippen LogP contribution < -0.4 is 9.64 Å². The fraction of sp³-hybridized carbons (Fsp3) is 0.467. The van der Waals surface area contributed by atoms with Crippen molar-refractivity contribution in [1.82, 2.24) is 0 Å². The van der Waals surface area contributed by atoms with E-state index >= 15 is 0 Å². The molecule has 1 unspecified atom stereocenters. The average Bonchev–Trinajstić information content (AvgIpc) is 2.33. The van der Waals surface area contributed by atoms with Crippen LogP contribution in [0.5, 0.6) is 5.75 Å². The lowest BCUT2D eigenvalue weighted by Gasteiger charge is -2.31. The second-order valence-corrected chi connectivity index (χ2v) is 5.33. The molecule has 1 fully saturated rings. The Hall–Kier alpha value is -1.84. The number of carbonyl (C=O) groups is 2. The minimum Gasteiger partial charge on any atom is -0.479 e. The summed E-state index contributed by atoms with van der Waals surface area (Å²) in [6.45, 7) is 1.73. The van der Waals surface area contributed by atoms with Gasteiger partial charge in [-0.05, 0) is 38.0 Å². The zero-order valence-corrected chi connectivity index (χ0v) is 11.2. The van der Waals surface area contributed by atoms with Crippen molar-refractivity contribution in [3.63, 3.8) is 0 Å². The lowest BCUT2D eigenvalue weighted by molar-refractivity contribution is -0.125. The van der Waals surface area contributed by atoms with Crippen LogP contribution in [0.15, 0.2) is 18.2 Å². The molecule has 100 valence electrons. The molecule has 0 saturated heterocycles. The first-order chi connectivity index (χ1) is 9.08. The van der Waals surface area contributed by atoms with E-state index in [0.29, 0.717) is 17.0 Å². The van der Waals surface area contributed by atoms with Crippen LogP contribution in [0.25, 0.3) is 0 Å². The Labute approximate surface area is 112 Å². The monoisotopic (exact) mass is 259 g/mol. The summed E-state index contributed by atoms with van der Waals surface area (Å²) < 4.78 is 5.55. The van der Waals surface area contributed by atoms with Crippen molar-refractivity contribution in [3.8, 4) is 5.75 Å². The lowest BCUT2D eigenvalue weighted by atomic mass is 9.80. The Morgan fingerprint density at radius 1 is 1.37 bits per heavy atom. The van der Waals surface area contributed by atoms with Crippen LogP contribution in [0.2, 0.25) is 0 Å². The number of benzene rings is 1. The van der Waals surface area contributed by atoms with E-state index in [1.54, 1.807) is 37.1 Å². The number of hydrogen-bond donors (Lipinski definition) is 0. The predicted octanol–water partition coefficient (Wildman–Crippen LogP) is 2.41. The molecule has 0 bridgehead atoms. The Morgan fingerprint density at radius 2 is 2.11 bits per heavy atom. The van der Waals surface area contributed by atoms with Gasteiger partial charge < -0.3 is 9.64 Å². The van der Waals surface area contributed by atoms with Gasteiger partial charge in [0.2, 0.25) is 0 Å². The van der Waals surface area contributed by atoms with Gasteiger partial charge in [-0.1, -0.05) is 6.42 Å². The molecule has 4 nitrogen and oxygen atoms in total. The largest absolute Gasteiger partial charge is 0.479 e. The first-order valence-electron chi connectivity index (χ1n) is 6.70. The summed E-state index contributed by atoms with van der Waals surface area (Å²) >= 11 is 0. The number of likely N-dealkylation sites (N-methyl/N-ethyl adjacent to an activating group) is 1. The molecule has 0 N–H and O–H groups in total. The van der Waals surface area contributed by atoms with Gasteiger partial charge in [-0.3, -0.25) is 9.59 Å². The highest BCUT2D eigenvalue weighted by Crippen LogP contribution is 2.36. The number of rotatable bonds is 2. The summed E-state index contributed by atoms with van der Waals surface area (Å²) in [6, 6.07) is 5.37. The Morgan fingerprint density at radius 3 is 2.74 bits per heavy atom. The minimum absolute atomic E-state index is 0.0826. The topological polar surface area (TPSA) is 46.6 Å². The van der Waals surface area contributed by atoms with Crippen molar-refractivity contribution in [2.24, 2.45) is 5.92 Å². The Balaban J connectivity index is 1.94. The number of hydrogen-bond acceptors (Lipinski definition) is 3. The highest BCUT2D eigenvalue weighted by molar-refractivity contribution is 6.03. The molecular formula is C15H17NO3. The van der Waals surface area contributed by atoms with Gasteiger partial charge in [-0.15, -0.1) is 0 Å². The smallest absolute Gasteiger partial charge is 0.267 e. The van der Waals surface area contributed by atoms with Crippen molar-refractivity contribution in [2.45, 2.75) is 32.3 Å². The van der Waals surface area contributed by atoms with Crippen molar-refractivity contribution in [1.29, 1.82) is 0 Å². The third kappa shape index (κ3) is 1.91. The zero-order chi connectivity index (χ0) is 13.6.